The summed E-state index contributed by atoms with van der Waals surface area (Å²) in [4.78, 5) is 0. The smallest absolute Gasteiger partial charge is 0.151 e. The number of hydrogen-bond donors (Lipinski definition) is 1. The molecule has 0 atom stereocenters. The van der Waals surface area contributed by atoms with E-state index in [2.05, 4.69) is 5.10 Å². The molecule has 0 spiro atoms. The second-order valence-electron chi connectivity index (χ2n) is 4.12. The first kappa shape index (κ1) is 13.0. The molecule has 16 heavy (non-hydrogen) atoms. The van der Waals surface area contributed by atoms with Gasteiger partial charge in [-0.3, -0.25) is 4.68 Å². The SMILES string of the molecule is CCS(=O)(=O)CCn1cc(N)c(C(C)C)n1. The third-order valence-corrected chi connectivity index (χ3v) is 4.12. The molecular formula is C10H19N3O2S. The van der Waals surface area contributed by atoms with Crippen LogP contribution in [0.5, 0.6) is 0 Å². The Morgan fingerprint density at radius 2 is 2.12 bits per heavy atom. The molecule has 6 heteroatoms. The van der Waals surface area contributed by atoms with E-state index >= 15 is 0 Å². The van der Waals surface area contributed by atoms with E-state index in [1.165, 1.54) is 0 Å². The molecule has 1 aromatic heterocycles. The third kappa shape index (κ3) is 3.23. The number of aromatic nitrogens is 2. The highest BCUT2D eigenvalue weighted by Crippen LogP contribution is 2.19. The molecule has 0 bridgehead atoms. The van der Waals surface area contributed by atoms with Crippen LogP contribution in [-0.2, 0) is 16.4 Å². The van der Waals surface area contributed by atoms with Crippen LogP contribution in [0, 0.1) is 0 Å². The van der Waals surface area contributed by atoms with Crippen molar-refractivity contribution in [2.75, 3.05) is 17.2 Å². The van der Waals surface area contributed by atoms with Gasteiger partial charge in [-0.1, -0.05) is 20.8 Å². The number of nitrogen functional groups attached to an aromatic ring is 1. The Morgan fingerprint density at radius 1 is 1.50 bits per heavy atom. The van der Waals surface area contributed by atoms with Gasteiger partial charge in [-0.05, 0) is 5.92 Å². The zero-order valence-electron chi connectivity index (χ0n) is 9.97. The van der Waals surface area contributed by atoms with Crippen LogP contribution in [0.3, 0.4) is 0 Å². The zero-order chi connectivity index (χ0) is 12.3. The normalized spacial score (nSPS) is 12.2. The lowest BCUT2D eigenvalue weighted by atomic mass is 10.1. The molecule has 1 heterocycles. The largest absolute Gasteiger partial charge is 0.396 e. The van der Waals surface area contributed by atoms with Crippen molar-refractivity contribution < 1.29 is 8.42 Å². The lowest BCUT2D eigenvalue weighted by Crippen LogP contribution is -2.15. The fourth-order valence-electron chi connectivity index (χ4n) is 1.39. The Labute approximate surface area is 96.6 Å². The molecule has 0 fully saturated rings. The molecule has 0 amide bonds. The van der Waals surface area contributed by atoms with Crippen LogP contribution in [-0.4, -0.2) is 29.7 Å². The predicted octanol–water partition coefficient (Wildman–Crippen LogP) is 1.02. The third-order valence-electron chi connectivity index (χ3n) is 2.44. The molecule has 0 radical (unpaired) electrons. The number of rotatable bonds is 5. The van der Waals surface area contributed by atoms with E-state index in [-0.39, 0.29) is 17.4 Å². The highest BCUT2D eigenvalue weighted by molar-refractivity contribution is 7.91. The van der Waals surface area contributed by atoms with Gasteiger partial charge >= 0.3 is 0 Å². The fourth-order valence-corrected chi connectivity index (χ4v) is 2.15. The van der Waals surface area contributed by atoms with E-state index in [1.54, 1.807) is 17.8 Å². The molecule has 0 aliphatic heterocycles. The van der Waals surface area contributed by atoms with E-state index in [4.69, 9.17) is 5.73 Å². The summed E-state index contributed by atoms with van der Waals surface area (Å²) in [5, 5.41) is 4.27. The summed E-state index contributed by atoms with van der Waals surface area (Å²) in [6.45, 7) is 6.02. The van der Waals surface area contributed by atoms with Gasteiger partial charge in [-0.2, -0.15) is 5.10 Å². The molecule has 0 saturated carbocycles. The van der Waals surface area contributed by atoms with Gasteiger partial charge in [0.1, 0.15) is 0 Å². The van der Waals surface area contributed by atoms with Crippen molar-refractivity contribution in [3.63, 3.8) is 0 Å². The fraction of sp³-hybridized carbons (Fsp3) is 0.700. The topological polar surface area (TPSA) is 78.0 Å². The Kier molecular flexibility index (Phi) is 3.96. The molecule has 0 aromatic carbocycles. The van der Waals surface area contributed by atoms with Crippen molar-refractivity contribution in [1.29, 1.82) is 0 Å². The number of nitrogens with two attached hydrogens (primary N) is 1. The Balaban J connectivity index is 2.73. The van der Waals surface area contributed by atoms with Gasteiger partial charge in [0.25, 0.3) is 0 Å². The molecule has 0 saturated heterocycles. The average Bonchev–Trinajstić information content (AvgIpc) is 2.57. The first-order chi connectivity index (χ1) is 7.35. The van der Waals surface area contributed by atoms with Gasteiger partial charge in [0.2, 0.25) is 0 Å². The Hall–Kier alpha value is -1.04. The standard InChI is InChI=1S/C10H19N3O2S/c1-4-16(14,15)6-5-13-7-9(11)10(12-13)8(2)3/h7-8H,4-6,11H2,1-3H3. The highest BCUT2D eigenvalue weighted by Gasteiger charge is 2.12. The summed E-state index contributed by atoms with van der Waals surface area (Å²) in [7, 11) is -2.94. The zero-order valence-corrected chi connectivity index (χ0v) is 10.8. The van der Waals surface area contributed by atoms with Gasteiger partial charge in [0.05, 0.1) is 23.7 Å². The van der Waals surface area contributed by atoms with Crippen molar-refractivity contribution in [2.45, 2.75) is 33.2 Å². The van der Waals surface area contributed by atoms with E-state index in [0.29, 0.717) is 12.2 Å². The van der Waals surface area contributed by atoms with Gasteiger partial charge in [-0.25, -0.2) is 8.42 Å². The highest BCUT2D eigenvalue weighted by atomic mass is 32.2. The van der Waals surface area contributed by atoms with Crippen LogP contribution in [0.1, 0.15) is 32.4 Å². The van der Waals surface area contributed by atoms with Crippen molar-refractivity contribution >= 4 is 15.5 Å². The Morgan fingerprint density at radius 3 is 2.56 bits per heavy atom. The minimum absolute atomic E-state index is 0.113. The monoisotopic (exact) mass is 245 g/mol. The van der Waals surface area contributed by atoms with Gasteiger partial charge in [-0.15, -0.1) is 0 Å². The molecule has 2 N–H and O–H groups in total. The minimum atomic E-state index is -2.94. The van der Waals surface area contributed by atoms with Gasteiger partial charge in [0.15, 0.2) is 9.84 Å². The van der Waals surface area contributed by atoms with Crippen LogP contribution in [0.4, 0.5) is 5.69 Å². The summed E-state index contributed by atoms with van der Waals surface area (Å²) < 4.78 is 24.3. The maximum atomic E-state index is 11.3. The summed E-state index contributed by atoms with van der Waals surface area (Å²) in [6.07, 6.45) is 1.69. The molecular weight excluding hydrogens is 226 g/mol. The number of anilines is 1. The summed E-state index contributed by atoms with van der Waals surface area (Å²) in [6, 6.07) is 0. The van der Waals surface area contributed by atoms with Crippen LogP contribution in [0.15, 0.2) is 6.20 Å². The molecule has 1 rings (SSSR count). The van der Waals surface area contributed by atoms with E-state index < -0.39 is 9.84 Å². The average molecular weight is 245 g/mol. The van der Waals surface area contributed by atoms with Crippen LogP contribution in [0.2, 0.25) is 0 Å². The maximum absolute atomic E-state index is 11.3. The second-order valence-corrected chi connectivity index (χ2v) is 6.60. The maximum Gasteiger partial charge on any atom is 0.151 e. The molecule has 0 unspecified atom stereocenters. The lowest BCUT2D eigenvalue weighted by molar-refractivity contribution is 0.578. The number of nitrogens with zero attached hydrogens (tertiary/aromatic N) is 2. The van der Waals surface area contributed by atoms with E-state index in [0.717, 1.165) is 5.69 Å². The molecule has 0 aliphatic rings. The van der Waals surface area contributed by atoms with Crippen LogP contribution >= 0.6 is 0 Å². The lowest BCUT2D eigenvalue weighted by Gasteiger charge is -2.02. The van der Waals surface area contributed by atoms with Crippen molar-refractivity contribution in [3.8, 4) is 0 Å². The van der Waals surface area contributed by atoms with Crippen molar-refractivity contribution in [2.24, 2.45) is 0 Å². The number of hydrogen-bond acceptors (Lipinski definition) is 4. The summed E-state index contributed by atoms with van der Waals surface area (Å²) in [5.74, 6) is 0.534. The number of aryl methyl sites for hydroxylation is 1. The molecule has 1 aromatic rings. The van der Waals surface area contributed by atoms with Crippen LogP contribution in [0.25, 0.3) is 0 Å². The van der Waals surface area contributed by atoms with Crippen molar-refractivity contribution in [1.82, 2.24) is 9.78 Å². The first-order valence-electron chi connectivity index (χ1n) is 5.39. The predicted molar refractivity (Wildman–Crippen MR) is 65.1 cm³/mol. The number of sulfone groups is 1. The van der Waals surface area contributed by atoms with Crippen molar-refractivity contribution in [3.05, 3.63) is 11.9 Å². The second kappa shape index (κ2) is 4.86. The molecule has 0 aliphatic carbocycles. The minimum Gasteiger partial charge on any atom is -0.396 e. The first-order valence-corrected chi connectivity index (χ1v) is 7.21. The Bertz CT molecular complexity index is 449. The van der Waals surface area contributed by atoms with Gasteiger partial charge < -0.3 is 5.73 Å². The van der Waals surface area contributed by atoms with Gasteiger partial charge in [0, 0.05) is 11.9 Å². The summed E-state index contributed by atoms with van der Waals surface area (Å²) >= 11 is 0. The molecule has 92 valence electrons. The van der Waals surface area contributed by atoms with E-state index in [1.807, 2.05) is 13.8 Å². The molecule has 5 nitrogen and oxygen atoms in total. The van der Waals surface area contributed by atoms with Crippen LogP contribution < -0.4 is 5.73 Å². The van der Waals surface area contributed by atoms with E-state index in [9.17, 15) is 8.42 Å². The quantitative estimate of drug-likeness (QED) is 0.840. The summed E-state index contributed by atoms with van der Waals surface area (Å²) in [5.41, 5.74) is 7.24.